The van der Waals surface area contributed by atoms with E-state index in [2.05, 4.69) is 5.32 Å². The third-order valence-corrected chi connectivity index (χ3v) is 4.13. The molecule has 0 aliphatic carbocycles. The Morgan fingerprint density at radius 3 is 2.34 bits per heavy atom. The molecule has 0 unspecified atom stereocenters. The van der Waals surface area contributed by atoms with Crippen molar-refractivity contribution < 1.29 is 28.2 Å². The summed E-state index contributed by atoms with van der Waals surface area (Å²) in [5.74, 6) is -0.451. The molecule has 3 rings (SSSR count). The van der Waals surface area contributed by atoms with Gasteiger partial charge in [0.1, 0.15) is 34.0 Å². The van der Waals surface area contributed by atoms with E-state index in [-0.39, 0.29) is 22.5 Å². The number of hydrogen-bond donors (Lipinski definition) is 1. The summed E-state index contributed by atoms with van der Waals surface area (Å²) < 4.78 is 21.0. The molecule has 8 nitrogen and oxygen atoms in total. The molecule has 2 aromatic carbocycles. The van der Waals surface area contributed by atoms with E-state index in [1.54, 1.807) is 31.2 Å². The summed E-state index contributed by atoms with van der Waals surface area (Å²) in [4.78, 5) is 36.7. The number of amides is 1. The second-order valence-electron chi connectivity index (χ2n) is 5.93. The molecule has 1 amide bonds. The zero-order chi connectivity index (χ0) is 21.0. The van der Waals surface area contributed by atoms with E-state index in [0.717, 1.165) is 0 Å². The topological polar surface area (TPSA) is 104 Å². The van der Waals surface area contributed by atoms with E-state index in [9.17, 15) is 14.4 Å². The number of rotatable bonds is 6. The normalized spacial score (nSPS) is 10.4. The summed E-state index contributed by atoms with van der Waals surface area (Å²) in [5.41, 5.74) is -0.563. The minimum Gasteiger partial charge on any atom is -0.496 e. The van der Waals surface area contributed by atoms with E-state index >= 15 is 0 Å². The van der Waals surface area contributed by atoms with Crippen LogP contribution in [0.4, 0.5) is 0 Å². The molecular formula is C21H19NO7. The van der Waals surface area contributed by atoms with Gasteiger partial charge in [0, 0.05) is 18.0 Å². The molecule has 0 radical (unpaired) electrons. The van der Waals surface area contributed by atoms with Gasteiger partial charge in [-0.1, -0.05) is 6.07 Å². The zero-order valence-corrected chi connectivity index (χ0v) is 16.1. The highest BCUT2D eigenvalue weighted by molar-refractivity contribution is 5.98. The minimum absolute atomic E-state index is 0.0946. The van der Waals surface area contributed by atoms with Crippen LogP contribution in [0, 0.1) is 0 Å². The number of esters is 1. The zero-order valence-electron chi connectivity index (χ0n) is 16.1. The van der Waals surface area contributed by atoms with Crippen molar-refractivity contribution in [3.63, 3.8) is 0 Å². The Balaban J connectivity index is 1.94. The van der Waals surface area contributed by atoms with Gasteiger partial charge < -0.3 is 23.9 Å². The average Bonchev–Trinajstić information content (AvgIpc) is 2.72. The molecule has 29 heavy (non-hydrogen) atoms. The van der Waals surface area contributed by atoms with Gasteiger partial charge >= 0.3 is 11.6 Å². The fraction of sp³-hybridized carbons (Fsp3) is 0.190. The van der Waals surface area contributed by atoms with Crippen molar-refractivity contribution in [1.29, 1.82) is 0 Å². The molecule has 8 heteroatoms. The Kier molecular flexibility index (Phi) is 5.82. The summed E-state index contributed by atoms with van der Waals surface area (Å²) >= 11 is 0. The lowest BCUT2D eigenvalue weighted by Crippen LogP contribution is -2.27. The quantitative estimate of drug-likeness (QED) is 0.387. The Bertz CT molecular complexity index is 1110. The van der Waals surface area contributed by atoms with Gasteiger partial charge in [-0.05, 0) is 37.3 Å². The Labute approximate surface area is 166 Å². The van der Waals surface area contributed by atoms with E-state index in [1.165, 1.54) is 32.4 Å². The van der Waals surface area contributed by atoms with Crippen LogP contribution in [-0.4, -0.2) is 32.6 Å². The van der Waals surface area contributed by atoms with Crippen LogP contribution in [0.2, 0.25) is 0 Å². The maximum absolute atomic E-state index is 12.7. The lowest BCUT2D eigenvalue weighted by molar-refractivity contribution is 0.0727. The number of fused-ring (bicyclic) bond motifs is 1. The van der Waals surface area contributed by atoms with Crippen LogP contribution in [-0.2, 0) is 0 Å². The monoisotopic (exact) mass is 397 g/mol. The predicted octanol–water partition coefficient (Wildman–Crippen LogP) is 2.78. The molecular weight excluding hydrogens is 378 g/mol. The van der Waals surface area contributed by atoms with E-state index in [4.69, 9.17) is 18.6 Å². The first kappa shape index (κ1) is 19.9. The molecule has 0 aliphatic rings. The number of benzene rings is 2. The first-order valence-electron chi connectivity index (χ1n) is 8.77. The first-order valence-corrected chi connectivity index (χ1v) is 8.77. The molecule has 0 saturated heterocycles. The minimum atomic E-state index is -0.779. The molecule has 1 aromatic heterocycles. The van der Waals surface area contributed by atoms with Gasteiger partial charge in [0.15, 0.2) is 0 Å². The molecule has 0 aliphatic heterocycles. The molecule has 0 fully saturated rings. The number of carbonyl (C=O) groups is 2. The first-order chi connectivity index (χ1) is 14.0. The third-order valence-electron chi connectivity index (χ3n) is 4.13. The third kappa shape index (κ3) is 4.06. The van der Waals surface area contributed by atoms with E-state index < -0.39 is 17.5 Å². The average molecular weight is 397 g/mol. The van der Waals surface area contributed by atoms with Crippen LogP contribution in [0.1, 0.15) is 27.6 Å². The summed E-state index contributed by atoms with van der Waals surface area (Å²) in [6, 6.07) is 10.9. The number of ether oxygens (including phenoxy) is 3. The van der Waals surface area contributed by atoms with Crippen LogP contribution >= 0.6 is 0 Å². The van der Waals surface area contributed by atoms with E-state index in [1.807, 2.05) is 0 Å². The molecule has 150 valence electrons. The lowest BCUT2D eigenvalue weighted by atomic mass is 10.1. The van der Waals surface area contributed by atoms with Crippen LogP contribution in [0.3, 0.4) is 0 Å². The van der Waals surface area contributed by atoms with Crippen LogP contribution in [0.5, 0.6) is 17.2 Å². The molecule has 0 spiro atoms. The largest absolute Gasteiger partial charge is 0.496 e. The summed E-state index contributed by atoms with van der Waals surface area (Å²) in [5, 5.41) is 3.07. The highest BCUT2D eigenvalue weighted by Crippen LogP contribution is 2.30. The highest BCUT2D eigenvalue weighted by atomic mass is 16.5. The van der Waals surface area contributed by atoms with Gasteiger partial charge in [-0.2, -0.15) is 0 Å². The van der Waals surface area contributed by atoms with Crippen molar-refractivity contribution in [2.75, 3.05) is 20.8 Å². The second-order valence-corrected chi connectivity index (χ2v) is 5.93. The fourth-order valence-corrected chi connectivity index (χ4v) is 2.78. The maximum Gasteiger partial charge on any atom is 0.351 e. The fourth-order valence-electron chi connectivity index (χ4n) is 2.78. The maximum atomic E-state index is 12.7. The van der Waals surface area contributed by atoms with Gasteiger partial charge in [-0.3, -0.25) is 4.79 Å². The smallest absolute Gasteiger partial charge is 0.351 e. The SMILES string of the molecule is CCNC(=O)c1cc2ccc(OC(=O)c3c(OC)cccc3OC)cc2oc1=O. The summed E-state index contributed by atoms with van der Waals surface area (Å²) in [6.45, 7) is 2.13. The molecule has 3 aromatic rings. The van der Waals surface area contributed by atoms with E-state index in [0.29, 0.717) is 23.4 Å². The van der Waals surface area contributed by atoms with Gasteiger partial charge in [-0.15, -0.1) is 0 Å². The molecule has 0 bridgehead atoms. The van der Waals surface area contributed by atoms with Gasteiger partial charge in [-0.25, -0.2) is 9.59 Å². The molecule has 1 N–H and O–H groups in total. The standard InChI is InChI=1S/C21H19NO7/c1-4-22-19(23)14-10-12-8-9-13(11-17(12)29-20(14)24)28-21(25)18-15(26-2)6-5-7-16(18)27-3/h5-11H,4H2,1-3H3,(H,22,23). The van der Waals surface area contributed by atoms with Crippen molar-refractivity contribution in [3.8, 4) is 17.2 Å². The molecule has 0 atom stereocenters. The van der Waals surface area contributed by atoms with Gasteiger partial charge in [0.25, 0.3) is 5.91 Å². The van der Waals surface area contributed by atoms with Crippen LogP contribution in [0.15, 0.2) is 51.7 Å². The Hall–Kier alpha value is -3.81. The van der Waals surface area contributed by atoms with Crippen molar-refractivity contribution in [1.82, 2.24) is 5.32 Å². The number of nitrogens with one attached hydrogen (secondary N) is 1. The van der Waals surface area contributed by atoms with Gasteiger partial charge in [0.2, 0.25) is 0 Å². The summed E-state index contributed by atoms with van der Waals surface area (Å²) in [6.07, 6.45) is 0. The number of methoxy groups -OCH3 is 2. The second kappa shape index (κ2) is 8.47. The molecule has 1 heterocycles. The van der Waals surface area contributed by atoms with Crippen molar-refractivity contribution in [2.24, 2.45) is 0 Å². The molecule has 0 saturated carbocycles. The van der Waals surface area contributed by atoms with Crippen LogP contribution in [0.25, 0.3) is 11.0 Å². The van der Waals surface area contributed by atoms with Crippen LogP contribution < -0.4 is 25.2 Å². The summed E-state index contributed by atoms with van der Waals surface area (Å²) in [7, 11) is 2.87. The number of carbonyl (C=O) groups excluding carboxylic acids is 2. The van der Waals surface area contributed by atoms with Gasteiger partial charge in [0.05, 0.1) is 14.2 Å². The Morgan fingerprint density at radius 1 is 1.03 bits per heavy atom. The van der Waals surface area contributed by atoms with Crippen molar-refractivity contribution in [3.05, 3.63) is 64.0 Å². The van der Waals surface area contributed by atoms with Crippen molar-refractivity contribution >= 4 is 22.8 Å². The van der Waals surface area contributed by atoms with Crippen molar-refractivity contribution in [2.45, 2.75) is 6.92 Å². The number of hydrogen-bond acceptors (Lipinski definition) is 7. The Morgan fingerprint density at radius 2 is 1.72 bits per heavy atom. The lowest BCUT2D eigenvalue weighted by Gasteiger charge is -2.12. The predicted molar refractivity (Wildman–Crippen MR) is 105 cm³/mol. The highest BCUT2D eigenvalue weighted by Gasteiger charge is 2.21.